The monoisotopic (exact) mass is 348 g/mol. The van der Waals surface area contributed by atoms with Gasteiger partial charge in [-0.3, -0.25) is 9.59 Å². The van der Waals surface area contributed by atoms with Crippen LogP contribution < -0.4 is 20.1 Å². The predicted molar refractivity (Wildman–Crippen MR) is 92.0 cm³/mol. The largest absolute Gasteiger partial charge is 0.493 e. The topological polar surface area (TPSA) is 76.7 Å². The molecule has 6 nitrogen and oxygen atoms in total. The van der Waals surface area contributed by atoms with Crippen molar-refractivity contribution in [1.29, 1.82) is 0 Å². The molecule has 0 saturated heterocycles. The van der Waals surface area contributed by atoms with E-state index in [2.05, 4.69) is 10.6 Å². The Morgan fingerprint density at radius 3 is 2.29 bits per heavy atom. The number of rotatable bonds is 6. The van der Waals surface area contributed by atoms with Crippen molar-refractivity contribution in [2.75, 3.05) is 26.1 Å². The fraction of sp³-hybridized carbons (Fsp3) is 0.176. The van der Waals surface area contributed by atoms with E-state index in [0.717, 1.165) is 0 Å². The Labute approximate surface area is 144 Å². The van der Waals surface area contributed by atoms with Crippen LogP contribution in [0.3, 0.4) is 0 Å². The molecule has 2 aromatic carbocycles. The van der Waals surface area contributed by atoms with Crippen LogP contribution in [0.4, 0.5) is 5.69 Å². The van der Waals surface area contributed by atoms with Crippen LogP contribution in [0.25, 0.3) is 0 Å². The van der Waals surface area contributed by atoms with E-state index < -0.39 is 0 Å². The zero-order chi connectivity index (χ0) is 17.5. The molecule has 24 heavy (non-hydrogen) atoms. The normalized spacial score (nSPS) is 9.96. The molecule has 0 spiro atoms. The second-order valence-electron chi connectivity index (χ2n) is 4.81. The Morgan fingerprint density at radius 1 is 1.00 bits per heavy atom. The van der Waals surface area contributed by atoms with Gasteiger partial charge in [-0.05, 0) is 42.5 Å². The number of nitrogens with one attached hydrogen (secondary N) is 2. The van der Waals surface area contributed by atoms with Crippen molar-refractivity contribution in [2.24, 2.45) is 0 Å². The summed E-state index contributed by atoms with van der Waals surface area (Å²) >= 11 is 5.78. The molecule has 0 bridgehead atoms. The maximum atomic E-state index is 12.1. The summed E-state index contributed by atoms with van der Waals surface area (Å²) in [6.07, 6.45) is 0. The third kappa shape index (κ3) is 4.63. The molecule has 0 heterocycles. The van der Waals surface area contributed by atoms with E-state index in [9.17, 15) is 9.59 Å². The third-order valence-electron chi connectivity index (χ3n) is 3.18. The van der Waals surface area contributed by atoms with Crippen molar-refractivity contribution in [3.63, 3.8) is 0 Å². The maximum absolute atomic E-state index is 12.1. The molecule has 2 amide bonds. The van der Waals surface area contributed by atoms with Gasteiger partial charge >= 0.3 is 0 Å². The van der Waals surface area contributed by atoms with Gasteiger partial charge < -0.3 is 20.1 Å². The zero-order valence-corrected chi connectivity index (χ0v) is 14.0. The van der Waals surface area contributed by atoms with Gasteiger partial charge in [-0.1, -0.05) is 11.6 Å². The lowest BCUT2D eigenvalue weighted by Gasteiger charge is -2.10. The first-order valence-corrected chi connectivity index (χ1v) is 7.47. The number of halogens is 1. The van der Waals surface area contributed by atoms with Gasteiger partial charge in [0, 0.05) is 16.3 Å². The van der Waals surface area contributed by atoms with Crippen LogP contribution in [0.5, 0.6) is 11.5 Å². The number of ether oxygens (including phenoxy) is 2. The van der Waals surface area contributed by atoms with Crippen LogP contribution in [-0.2, 0) is 4.79 Å². The van der Waals surface area contributed by atoms with Crippen LogP contribution in [0.1, 0.15) is 10.4 Å². The first kappa shape index (κ1) is 17.6. The van der Waals surface area contributed by atoms with Crippen LogP contribution in [0.15, 0.2) is 42.5 Å². The molecule has 0 radical (unpaired) electrons. The summed E-state index contributed by atoms with van der Waals surface area (Å²) in [5.41, 5.74) is 0.969. The molecule has 2 aromatic rings. The molecule has 0 fully saturated rings. The molecule has 126 valence electrons. The Balaban J connectivity index is 1.92. The lowest BCUT2D eigenvalue weighted by molar-refractivity contribution is -0.115. The third-order valence-corrected chi connectivity index (χ3v) is 3.44. The van der Waals surface area contributed by atoms with Crippen LogP contribution in [0.2, 0.25) is 5.02 Å². The minimum atomic E-state index is -0.387. The number of carbonyl (C=O) groups is 2. The molecule has 0 aliphatic rings. The van der Waals surface area contributed by atoms with E-state index in [1.54, 1.807) is 42.5 Å². The molecule has 0 aliphatic heterocycles. The number of anilines is 1. The van der Waals surface area contributed by atoms with E-state index in [-0.39, 0.29) is 18.4 Å². The molecule has 0 saturated carbocycles. The van der Waals surface area contributed by atoms with E-state index in [1.807, 2.05) is 0 Å². The Kier molecular flexibility index (Phi) is 6.03. The van der Waals surface area contributed by atoms with Gasteiger partial charge in [0.2, 0.25) is 5.91 Å². The number of hydrogen-bond acceptors (Lipinski definition) is 4. The Bertz CT molecular complexity index is 732. The SMILES string of the molecule is COc1ccc(C(=O)NCC(=O)Nc2ccc(Cl)cc2)cc1OC. The van der Waals surface area contributed by atoms with E-state index in [4.69, 9.17) is 21.1 Å². The van der Waals surface area contributed by atoms with Gasteiger partial charge in [0.1, 0.15) is 0 Å². The van der Waals surface area contributed by atoms with E-state index in [1.165, 1.54) is 14.2 Å². The number of carbonyl (C=O) groups excluding carboxylic acids is 2. The summed E-state index contributed by atoms with van der Waals surface area (Å²) in [6, 6.07) is 11.5. The summed E-state index contributed by atoms with van der Waals surface area (Å²) in [4.78, 5) is 24.0. The molecular weight excluding hydrogens is 332 g/mol. The molecule has 7 heteroatoms. The van der Waals surface area contributed by atoms with Crippen LogP contribution >= 0.6 is 11.6 Å². The fourth-order valence-electron chi connectivity index (χ4n) is 1.98. The van der Waals surface area contributed by atoms with Gasteiger partial charge in [0.25, 0.3) is 5.91 Å². The number of hydrogen-bond donors (Lipinski definition) is 2. The van der Waals surface area contributed by atoms with Crippen LogP contribution in [0, 0.1) is 0 Å². The number of methoxy groups -OCH3 is 2. The quantitative estimate of drug-likeness (QED) is 0.841. The highest BCUT2D eigenvalue weighted by Crippen LogP contribution is 2.27. The summed E-state index contributed by atoms with van der Waals surface area (Å²) in [6.45, 7) is -0.157. The first-order valence-electron chi connectivity index (χ1n) is 7.09. The highest BCUT2D eigenvalue weighted by molar-refractivity contribution is 6.30. The second-order valence-corrected chi connectivity index (χ2v) is 5.24. The highest BCUT2D eigenvalue weighted by atomic mass is 35.5. The lowest BCUT2D eigenvalue weighted by atomic mass is 10.2. The maximum Gasteiger partial charge on any atom is 0.251 e. The average Bonchev–Trinajstić information content (AvgIpc) is 2.61. The minimum absolute atomic E-state index is 0.157. The Morgan fingerprint density at radius 2 is 1.67 bits per heavy atom. The predicted octanol–water partition coefficient (Wildman–Crippen LogP) is 2.73. The minimum Gasteiger partial charge on any atom is -0.493 e. The van der Waals surface area contributed by atoms with Gasteiger partial charge in [0.05, 0.1) is 20.8 Å². The van der Waals surface area contributed by atoms with Crippen molar-refractivity contribution in [2.45, 2.75) is 0 Å². The van der Waals surface area contributed by atoms with Crippen molar-refractivity contribution in [1.82, 2.24) is 5.32 Å². The van der Waals surface area contributed by atoms with Crippen molar-refractivity contribution in [3.8, 4) is 11.5 Å². The molecule has 0 aromatic heterocycles. The lowest BCUT2D eigenvalue weighted by Crippen LogP contribution is -2.32. The summed E-state index contributed by atoms with van der Waals surface area (Å²) in [7, 11) is 3.00. The second kappa shape index (κ2) is 8.21. The van der Waals surface area contributed by atoms with Crippen LogP contribution in [-0.4, -0.2) is 32.6 Å². The standard InChI is InChI=1S/C17H17ClN2O4/c1-23-14-8-3-11(9-15(14)24-2)17(22)19-10-16(21)20-13-6-4-12(18)5-7-13/h3-9H,10H2,1-2H3,(H,19,22)(H,20,21). The fourth-order valence-corrected chi connectivity index (χ4v) is 2.10. The molecule has 2 N–H and O–H groups in total. The zero-order valence-electron chi connectivity index (χ0n) is 13.3. The highest BCUT2D eigenvalue weighted by Gasteiger charge is 2.12. The number of amides is 2. The summed E-state index contributed by atoms with van der Waals surface area (Å²) in [5.74, 6) is 0.235. The van der Waals surface area contributed by atoms with Crippen molar-refractivity contribution >= 4 is 29.1 Å². The molecular formula is C17H17ClN2O4. The van der Waals surface area contributed by atoms with Crippen molar-refractivity contribution in [3.05, 3.63) is 53.1 Å². The first-order chi connectivity index (χ1) is 11.5. The van der Waals surface area contributed by atoms with E-state index >= 15 is 0 Å². The van der Waals surface area contributed by atoms with Gasteiger partial charge in [-0.15, -0.1) is 0 Å². The Hall–Kier alpha value is -2.73. The average molecular weight is 349 g/mol. The van der Waals surface area contributed by atoms with Gasteiger partial charge in [-0.2, -0.15) is 0 Å². The summed E-state index contributed by atoms with van der Waals surface area (Å²) < 4.78 is 10.3. The van der Waals surface area contributed by atoms with Gasteiger partial charge in [-0.25, -0.2) is 0 Å². The number of benzene rings is 2. The van der Waals surface area contributed by atoms with Crippen molar-refractivity contribution < 1.29 is 19.1 Å². The van der Waals surface area contributed by atoms with E-state index in [0.29, 0.717) is 27.8 Å². The summed E-state index contributed by atoms with van der Waals surface area (Å²) in [5, 5.41) is 5.78. The van der Waals surface area contributed by atoms with Gasteiger partial charge in [0.15, 0.2) is 11.5 Å². The smallest absolute Gasteiger partial charge is 0.251 e. The molecule has 0 aliphatic carbocycles. The molecule has 0 unspecified atom stereocenters. The molecule has 2 rings (SSSR count). The molecule has 0 atom stereocenters.